The lowest BCUT2D eigenvalue weighted by Gasteiger charge is -2.35. The molecule has 0 radical (unpaired) electrons. The number of rotatable bonds is 4. The van der Waals surface area contributed by atoms with Gasteiger partial charge in [-0.2, -0.15) is 0 Å². The second-order valence-electron chi connectivity index (χ2n) is 5.17. The Balaban J connectivity index is 2.50. The van der Waals surface area contributed by atoms with E-state index < -0.39 is 17.4 Å². The van der Waals surface area contributed by atoms with Gasteiger partial charge in [-0.1, -0.05) is 6.92 Å². The van der Waals surface area contributed by atoms with Crippen LogP contribution in [0.15, 0.2) is 12.1 Å². The maximum Gasteiger partial charge on any atom is 0.329 e. The number of primary amides is 1. The van der Waals surface area contributed by atoms with E-state index in [1.165, 1.54) is 0 Å². The first kappa shape index (κ1) is 14.3. The van der Waals surface area contributed by atoms with Crippen LogP contribution in [0.4, 0.5) is 5.82 Å². The van der Waals surface area contributed by atoms with Crippen molar-refractivity contribution < 1.29 is 14.7 Å². The molecule has 1 saturated heterocycles. The molecule has 3 N–H and O–H groups in total. The highest BCUT2D eigenvalue weighted by Crippen LogP contribution is 2.36. The third-order valence-corrected chi connectivity index (χ3v) is 3.97. The van der Waals surface area contributed by atoms with Crippen LogP contribution in [0.25, 0.3) is 0 Å². The molecule has 2 heterocycles. The number of carbonyl (C=O) groups is 2. The number of aryl methyl sites for hydroxylation is 1. The van der Waals surface area contributed by atoms with E-state index in [1.807, 2.05) is 6.92 Å². The second kappa shape index (κ2) is 5.11. The van der Waals surface area contributed by atoms with Gasteiger partial charge in [0.25, 0.3) is 0 Å². The van der Waals surface area contributed by atoms with Gasteiger partial charge in [-0.15, -0.1) is 0 Å². The molecule has 2 rings (SSSR count). The molecule has 1 atom stereocenters. The molecule has 1 fully saturated rings. The lowest BCUT2D eigenvalue weighted by Crippen LogP contribution is -2.50. The van der Waals surface area contributed by atoms with Crippen LogP contribution in [-0.4, -0.2) is 34.1 Å². The van der Waals surface area contributed by atoms with Crippen LogP contribution in [0.3, 0.4) is 0 Å². The van der Waals surface area contributed by atoms with Gasteiger partial charge in [-0.25, -0.2) is 9.78 Å². The number of nitrogens with two attached hydrogens (primary N) is 1. The zero-order valence-corrected chi connectivity index (χ0v) is 11.7. The highest BCUT2D eigenvalue weighted by atomic mass is 16.4. The standard InChI is InChI=1S/C14H19N3O3/c1-3-14(13(19)20)5-4-6-17(14)11-8-10(12(15)18)7-9(2)16-11/h7-8H,3-6H2,1-2H3,(H2,15,18)(H,19,20). The molecule has 1 unspecified atom stereocenters. The van der Waals surface area contributed by atoms with Gasteiger partial charge in [-0.05, 0) is 38.3 Å². The number of hydrogen-bond donors (Lipinski definition) is 2. The summed E-state index contributed by atoms with van der Waals surface area (Å²) in [5.41, 5.74) is 5.38. The Morgan fingerprint density at radius 3 is 2.75 bits per heavy atom. The van der Waals surface area contributed by atoms with Crippen LogP contribution in [0, 0.1) is 6.92 Å². The van der Waals surface area contributed by atoms with Gasteiger partial charge < -0.3 is 15.7 Å². The van der Waals surface area contributed by atoms with Gasteiger partial charge in [0.05, 0.1) is 0 Å². The SMILES string of the molecule is CCC1(C(=O)O)CCCN1c1cc(C(N)=O)cc(C)n1. The minimum Gasteiger partial charge on any atom is -0.479 e. The smallest absolute Gasteiger partial charge is 0.329 e. The molecule has 0 bridgehead atoms. The van der Waals surface area contributed by atoms with Gasteiger partial charge in [0.15, 0.2) is 0 Å². The van der Waals surface area contributed by atoms with E-state index in [0.717, 1.165) is 6.42 Å². The van der Waals surface area contributed by atoms with Gasteiger partial charge in [0, 0.05) is 17.8 Å². The molecule has 1 aliphatic rings. The number of aromatic nitrogens is 1. The zero-order valence-electron chi connectivity index (χ0n) is 11.7. The third-order valence-electron chi connectivity index (χ3n) is 3.97. The number of aliphatic carboxylic acids is 1. The Hall–Kier alpha value is -2.11. The summed E-state index contributed by atoms with van der Waals surface area (Å²) >= 11 is 0. The number of hydrogen-bond acceptors (Lipinski definition) is 4. The van der Waals surface area contributed by atoms with Crippen molar-refractivity contribution in [3.8, 4) is 0 Å². The van der Waals surface area contributed by atoms with Gasteiger partial charge in [0.2, 0.25) is 5.91 Å². The molecule has 6 nitrogen and oxygen atoms in total. The number of carboxylic acid groups (broad SMARTS) is 1. The average Bonchev–Trinajstić information content (AvgIpc) is 2.82. The minimum atomic E-state index is -0.935. The fraction of sp³-hybridized carbons (Fsp3) is 0.500. The normalized spacial score (nSPS) is 22.0. The first-order valence-corrected chi connectivity index (χ1v) is 6.70. The van der Waals surface area contributed by atoms with E-state index in [1.54, 1.807) is 24.0 Å². The average molecular weight is 277 g/mol. The number of pyridine rings is 1. The molecule has 0 saturated carbocycles. The summed E-state index contributed by atoms with van der Waals surface area (Å²) in [4.78, 5) is 29.2. The van der Waals surface area contributed by atoms with E-state index in [0.29, 0.717) is 36.5 Å². The van der Waals surface area contributed by atoms with E-state index in [2.05, 4.69) is 4.98 Å². The molecule has 0 aliphatic carbocycles. The highest BCUT2D eigenvalue weighted by Gasteiger charge is 2.46. The maximum absolute atomic E-state index is 11.7. The quantitative estimate of drug-likeness (QED) is 0.865. The Morgan fingerprint density at radius 1 is 1.50 bits per heavy atom. The number of amides is 1. The van der Waals surface area contributed by atoms with E-state index in [9.17, 15) is 14.7 Å². The summed E-state index contributed by atoms with van der Waals surface area (Å²) in [7, 11) is 0. The van der Waals surface area contributed by atoms with Crippen LogP contribution in [0.5, 0.6) is 0 Å². The Kier molecular flexibility index (Phi) is 3.65. The second-order valence-corrected chi connectivity index (χ2v) is 5.17. The lowest BCUT2D eigenvalue weighted by molar-refractivity contribution is -0.143. The van der Waals surface area contributed by atoms with Crippen molar-refractivity contribution in [2.45, 2.75) is 38.6 Å². The monoisotopic (exact) mass is 277 g/mol. The van der Waals surface area contributed by atoms with Crippen LogP contribution in [-0.2, 0) is 4.79 Å². The Bertz CT molecular complexity index is 559. The van der Waals surface area contributed by atoms with Crippen molar-refractivity contribution in [2.75, 3.05) is 11.4 Å². The van der Waals surface area contributed by atoms with E-state index in [-0.39, 0.29) is 0 Å². The molecule has 1 aromatic rings. The summed E-state index contributed by atoms with van der Waals surface area (Å²) in [5, 5.41) is 9.58. The number of carbonyl (C=O) groups excluding carboxylic acids is 1. The molecule has 1 aromatic heterocycles. The van der Waals surface area contributed by atoms with Crippen LogP contribution >= 0.6 is 0 Å². The van der Waals surface area contributed by atoms with Crippen LogP contribution in [0.1, 0.15) is 42.2 Å². The fourth-order valence-electron chi connectivity index (χ4n) is 2.89. The van der Waals surface area contributed by atoms with E-state index >= 15 is 0 Å². The molecule has 1 aliphatic heterocycles. The molecule has 108 valence electrons. The molecular formula is C14H19N3O3. The number of anilines is 1. The molecule has 0 spiro atoms. The maximum atomic E-state index is 11.7. The van der Waals surface area contributed by atoms with Crippen LogP contribution in [0.2, 0.25) is 0 Å². The van der Waals surface area contributed by atoms with Crippen molar-refractivity contribution >= 4 is 17.7 Å². The summed E-state index contributed by atoms with van der Waals surface area (Å²) < 4.78 is 0. The Labute approximate surface area is 117 Å². The lowest BCUT2D eigenvalue weighted by atomic mass is 9.93. The van der Waals surface area contributed by atoms with Crippen molar-refractivity contribution in [2.24, 2.45) is 5.73 Å². The summed E-state index contributed by atoms with van der Waals surface area (Å²) in [6, 6.07) is 3.18. The molecule has 1 amide bonds. The summed E-state index contributed by atoms with van der Waals surface area (Å²) in [5.74, 6) is -0.865. The van der Waals surface area contributed by atoms with Crippen molar-refractivity contribution in [3.63, 3.8) is 0 Å². The number of nitrogens with zero attached hydrogens (tertiary/aromatic N) is 2. The molecule has 0 aromatic carbocycles. The van der Waals surface area contributed by atoms with Gasteiger partial charge in [-0.3, -0.25) is 4.79 Å². The zero-order chi connectivity index (χ0) is 14.9. The van der Waals surface area contributed by atoms with Crippen molar-refractivity contribution in [1.82, 2.24) is 4.98 Å². The van der Waals surface area contributed by atoms with Gasteiger partial charge in [0.1, 0.15) is 11.4 Å². The predicted molar refractivity (Wildman–Crippen MR) is 74.7 cm³/mol. The van der Waals surface area contributed by atoms with Crippen molar-refractivity contribution in [1.29, 1.82) is 0 Å². The van der Waals surface area contributed by atoms with E-state index in [4.69, 9.17) is 5.73 Å². The predicted octanol–water partition coefficient (Wildman–Crippen LogP) is 1.32. The number of carboxylic acids is 1. The third kappa shape index (κ3) is 2.21. The first-order chi connectivity index (χ1) is 9.40. The minimum absolute atomic E-state index is 0.356. The Morgan fingerprint density at radius 2 is 2.20 bits per heavy atom. The summed E-state index contributed by atoms with van der Waals surface area (Å²) in [6.07, 6.45) is 1.87. The molecular weight excluding hydrogens is 258 g/mol. The molecule has 6 heteroatoms. The topological polar surface area (TPSA) is 96.5 Å². The van der Waals surface area contributed by atoms with Crippen molar-refractivity contribution in [3.05, 3.63) is 23.4 Å². The highest BCUT2D eigenvalue weighted by molar-refractivity contribution is 5.94. The summed E-state index contributed by atoms with van der Waals surface area (Å²) in [6.45, 7) is 4.24. The first-order valence-electron chi connectivity index (χ1n) is 6.70. The van der Waals surface area contributed by atoms with Gasteiger partial charge >= 0.3 is 5.97 Å². The molecule has 20 heavy (non-hydrogen) atoms. The van der Waals surface area contributed by atoms with Crippen LogP contribution < -0.4 is 10.6 Å². The fourth-order valence-corrected chi connectivity index (χ4v) is 2.89. The largest absolute Gasteiger partial charge is 0.479 e.